The number of aliphatic imine (C=N–C) groups is 1. The summed E-state index contributed by atoms with van der Waals surface area (Å²) in [4.78, 5) is 58.6. The fourth-order valence-electron chi connectivity index (χ4n) is 5.32. The van der Waals surface area contributed by atoms with Crippen LogP contribution in [-0.2, 0) is 25.6 Å². The molecule has 2 aliphatic heterocycles. The van der Waals surface area contributed by atoms with E-state index in [4.69, 9.17) is 11.5 Å². The summed E-state index contributed by atoms with van der Waals surface area (Å²) in [5.41, 5.74) is 11.8. The number of amides is 3. The van der Waals surface area contributed by atoms with Gasteiger partial charge in [0.2, 0.25) is 17.6 Å². The molecule has 3 atom stereocenters. The number of nitrogens with two attached hydrogens (primary N) is 2. The number of guanidine groups is 1. The van der Waals surface area contributed by atoms with Crippen LogP contribution in [0.3, 0.4) is 0 Å². The summed E-state index contributed by atoms with van der Waals surface area (Å²) in [6.45, 7) is 1.86. The summed E-state index contributed by atoms with van der Waals surface area (Å²) in [6, 6.07) is 7.67. The van der Waals surface area contributed by atoms with Crippen molar-refractivity contribution >= 4 is 29.5 Å². The maximum absolute atomic E-state index is 13.8. The number of ketones is 1. The molecule has 0 spiro atoms. The summed E-state index contributed by atoms with van der Waals surface area (Å²) in [5.74, 6) is -2.01. The minimum absolute atomic E-state index is 0.0626. The molecule has 2 fully saturated rings. The van der Waals surface area contributed by atoms with Gasteiger partial charge in [-0.3, -0.25) is 24.2 Å². The third-order valence-electron chi connectivity index (χ3n) is 7.50. The van der Waals surface area contributed by atoms with Gasteiger partial charge in [-0.2, -0.15) is 0 Å². The SMILES string of the molecule is NC(N)=NCCC[C@H]1NC(=O)[C@H]2CCCN2C(=O)[C@@H](Cc2ccccc2)NCCCCCCCCNC(=O)C1=O. The lowest BCUT2D eigenvalue weighted by atomic mass is 10.0. The number of hydrogen-bond acceptors (Lipinski definition) is 6. The summed E-state index contributed by atoms with van der Waals surface area (Å²) in [6.07, 6.45) is 8.14. The van der Waals surface area contributed by atoms with E-state index in [2.05, 4.69) is 20.9 Å². The Morgan fingerprint density at radius 1 is 0.900 bits per heavy atom. The first kappa shape index (κ1) is 31.1. The maximum atomic E-state index is 13.8. The second-order valence-electron chi connectivity index (χ2n) is 10.6. The molecule has 0 bridgehead atoms. The van der Waals surface area contributed by atoms with Crippen molar-refractivity contribution < 1.29 is 19.2 Å². The first-order valence-electron chi connectivity index (χ1n) is 14.6. The number of carbonyl (C=O) groups is 4. The van der Waals surface area contributed by atoms with Crippen molar-refractivity contribution in [3.05, 3.63) is 35.9 Å². The highest BCUT2D eigenvalue weighted by Crippen LogP contribution is 2.20. The van der Waals surface area contributed by atoms with E-state index in [1.54, 1.807) is 4.90 Å². The fourth-order valence-corrected chi connectivity index (χ4v) is 5.32. The molecule has 7 N–H and O–H groups in total. The van der Waals surface area contributed by atoms with Crippen molar-refractivity contribution in [1.29, 1.82) is 0 Å². The van der Waals surface area contributed by atoms with Crippen molar-refractivity contribution in [2.45, 2.75) is 88.8 Å². The zero-order valence-corrected chi connectivity index (χ0v) is 23.4. The van der Waals surface area contributed by atoms with Gasteiger partial charge in [0.1, 0.15) is 6.04 Å². The smallest absolute Gasteiger partial charge is 0.289 e. The molecule has 3 rings (SSSR count). The second kappa shape index (κ2) is 16.6. The Labute approximate surface area is 236 Å². The molecule has 0 saturated carbocycles. The quantitative estimate of drug-likeness (QED) is 0.149. The number of nitrogens with zero attached hydrogens (tertiary/aromatic N) is 2. The summed E-state index contributed by atoms with van der Waals surface area (Å²) in [5, 5.41) is 8.94. The topological polar surface area (TPSA) is 172 Å². The van der Waals surface area contributed by atoms with E-state index in [0.29, 0.717) is 38.8 Å². The van der Waals surface area contributed by atoms with Crippen LogP contribution in [0.4, 0.5) is 0 Å². The van der Waals surface area contributed by atoms with Gasteiger partial charge < -0.3 is 32.3 Å². The van der Waals surface area contributed by atoms with Crippen molar-refractivity contribution in [3.8, 4) is 0 Å². The molecular weight excluding hydrogens is 510 g/mol. The Morgan fingerprint density at radius 2 is 1.60 bits per heavy atom. The monoisotopic (exact) mass is 555 g/mol. The van der Waals surface area contributed by atoms with Crippen molar-refractivity contribution in [2.24, 2.45) is 16.5 Å². The van der Waals surface area contributed by atoms with Gasteiger partial charge >= 0.3 is 0 Å². The van der Waals surface area contributed by atoms with E-state index in [9.17, 15) is 19.2 Å². The van der Waals surface area contributed by atoms with Crippen LogP contribution in [0.2, 0.25) is 0 Å². The van der Waals surface area contributed by atoms with Gasteiger partial charge in [0, 0.05) is 19.6 Å². The number of fused-ring (bicyclic) bond motifs is 1. The lowest BCUT2D eigenvalue weighted by Gasteiger charge is -2.30. The number of rotatable bonds is 6. The molecular formula is C29H45N7O4. The molecule has 1 aromatic carbocycles. The highest BCUT2D eigenvalue weighted by atomic mass is 16.2. The Balaban J connectivity index is 1.78. The Bertz CT molecular complexity index is 1010. The molecule has 11 nitrogen and oxygen atoms in total. The Morgan fingerprint density at radius 3 is 2.33 bits per heavy atom. The van der Waals surface area contributed by atoms with Crippen LogP contribution < -0.4 is 27.4 Å². The van der Waals surface area contributed by atoms with Gasteiger partial charge in [-0.15, -0.1) is 0 Å². The van der Waals surface area contributed by atoms with Crippen LogP contribution in [0.25, 0.3) is 0 Å². The number of Topliss-reactive ketones (excluding diaryl/α,β-unsaturated/α-hetero) is 1. The number of hydrogen-bond donors (Lipinski definition) is 5. The zero-order valence-electron chi connectivity index (χ0n) is 23.4. The van der Waals surface area contributed by atoms with Gasteiger partial charge in [0.25, 0.3) is 5.91 Å². The third kappa shape index (κ3) is 9.93. The molecule has 0 unspecified atom stereocenters. The normalized spacial score (nSPS) is 24.2. The molecule has 2 aliphatic rings. The standard InChI is InChI=1S/C29H45N7O4/c30-29(31)34-18-10-14-22-25(37)27(39)33-17-9-4-2-1-3-8-16-32-23(20-21-12-6-5-7-13-21)28(40)36-19-11-15-24(36)26(38)35-22/h5-7,12-13,22-24,32H,1-4,8-11,14-20H2,(H,33,39)(H,35,38)(H4,30,31,34)/t22-,23-,24-/m1/s1. The molecule has 0 radical (unpaired) electrons. The highest BCUT2D eigenvalue weighted by molar-refractivity contribution is 6.38. The van der Waals surface area contributed by atoms with Crippen LogP contribution in [0.1, 0.15) is 69.8 Å². The third-order valence-corrected chi connectivity index (χ3v) is 7.50. The molecule has 40 heavy (non-hydrogen) atoms. The second-order valence-corrected chi connectivity index (χ2v) is 10.6. The van der Waals surface area contributed by atoms with Crippen molar-refractivity contribution in [1.82, 2.24) is 20.9 Å². The lowest BCUT2D eigenvalue weighted by molar-refractivity contribution is -0.143. The molecule has 0 aliphatic carbocycles. The minimum Gasteiger partial charge on any atom is -0.370 e. The molecule has 3 amide bonds. The van der Waals surface area contributed by atoms with Crippen molar-refractivity contribution in [3.63, 3.8) is 0 Å². The van der Waals surface area contributed by atoms with Crippen LogP contribution in [-0.4, -0.2) is 78.7 Å². The summed E-state index contributed by atoms with van der Waals surface area (Å²) < 4.78 is 0. The van der Waals surface area contributed by atoms with Gasteiger partial charge in [-0.25, -0.2) is 0 Å². The van der Waals surface area contributed by atoms with Gasteiger partial charge in [0.15, 0.2) is 5.96 Å². The molecule has 11 heteroatoms. The molecule has 0 aromatic heterocycles. The minimum atomic E-state index is -1.03. The lowest BCUT2D eigenvalue weighted by Crippen LogP contribution is -2.56. The van der Waals surface area contributed by atoms with Crippen LogP contribution in [0.15, 0.2) is 35.3 Å². The average Bonchev–Trinajstić information content (AvgIpc) is 3.44. The number of benzene rings is 1. The molecule has 2 heterocycles. The first-order chi connectivity index (χ1) is 19.4. The summed E-state index contributed by atoms with van der Waals surface area (Å²) in [7, 11) is 0. The number of carbonyl (C=O) groups excluding carboxylic acids is 4. The van der Waals surface area contributed by atoms with Crippen LogP contribution in [0.5, 0.6) is 0 Å². The van der Waals surface area contributed by atoms with Gasteiger partial charge in [0.05, 0.1) is 12.1 Å². The van der Waals surface area contributed by atoms with E-state index in [1.165, 1.54) is 0 Å². The first-order valence-corrected chi connectivity index (χ1v) is 14.6. The van der Waals surface area contributed by atoms with Gasteiger partial charge in [-0.05, 0) is 57.1 Å². The zero-order chi connectivity index (χ0) is 28.7. The molecule has 220 valence electrons. The molecule has 2 saturated heterocycles. The highest BCUT2D eigenvalue weighted by Gasteiger charge is 2.38. The average molecular weight is 556 g/mol. The van der Waals surface area contributed by atoms with Crippen LogP contribution >= 0.6 is 0 Å². The largest absolute Gasteiger partial charge is 0.370 e. The van der Waals surface area contributed by atoms with Crippen molar-refractivity contribution in [2.75, 3.05) is 26.2 Å². The Kier molecular flexibility index (Phi) is 12.9. The van der Waals surface area contributed by atoms with E-state index in [1.807, 2.05) is 30.3 Å². The maximum Gasteiger partial charge on any atom is 0.289 e. The fraction of sp³-hybridized carbons (Fsp3) is 0.621. The van der Waals surface area contributed by atoms with Crippen LogP contribution in [0, 0.1) is 0 Å². The number of nitrogens with one attached hydrogen (secondary N) is 3. The predicted octanol–water partition coefficient (Wildman–Crippen LogP) is 0.756. The van der Waals surface area contributed by atoms with E-state index in [-0.39, 0.29) is 24.8 Å². The van der Waals surface area contributed by atoms with Gasteiger partial charge in [-0.1, -0.05) is 56.0 Å². The summed E-state index contributed by atoms with van der Waals surface area (Å²) >= 11 is 0. The Hall–Kier alpha value is -3.47. The van der Waals surface area contributed by atoms with E-state index < -0.39 is 35.7 Å². The predicted molar refractivity (Wildman–Crippen MR) is 154 cm³/mol. The van der Waals surface area contributed by atoms with E-state index in [0.717, 1.165) is 50.6 Å². The van der Waals surface area contributed by atoms with E-state index >= 15 is 0 Å². The molecule has 1 aromatic rings.